The summed E-state index contributed by atoms with van der Waals surface area (Å²) in [5.41, 5.74) is 0. The standard InChI is InChI=1S/C44H85O10P/c1-3-5-7-9-11-13-15-17-19-20-22-23-25-27-29-31-33-35-43(47)51-39-42(40-53-55(49,50)52-38-41(46)37-45)54-44(48)36-34-32-30-28-26-24-21-18-16-14-12-10-8-6-4-2/h13,15,41-42,45-46H,3-12,14,16-40H2,1-2H3,(H,49,50)/b15-13+/t41-,42+/m0/s1. The molecule has 0 rings (SSSR count). The number of phosphoric ester groups is 1. The largest absolute Gasteiger partial charge is 0.472 e. The Kier molecular flexibility index (Phi) is 39.9. The average molecular weight is 805 g/mol. The highest BCUT2D eigenvalue weighted by Crippen LogP contribution is 2.43. The highest BCUT2D eigenvalue weighted by Gasteiger charge is 2.27. The summed E-state index contributed by atoms with van der Waals surface area (Å²) in [4.78, 5) is 35.0. The summed E-state index contributed by atoms with van der Waals surface area (Å²) in [6.07, 6.45) is 38.8. The van der Waals surface area contributed by atoms with E-state index in [-0.39, 0.29) is 19.4 Å². The van der Waals surface area contributed by atoms with Gasteiger partial charge in [-0.2, -0.15) is 0 Å². The molecule has 0 aliphatic heterocycles. The highest BCUT2D eigenvalue weighted by atomic mass is 31.2. The van der Waals surface area contributed by atoms with Crippen LogP contribution in [0.3, 0.4) is 0 Å². The van der Waals surface area contributed by atoms with Crippen LogP contribution in [0, 0.1) is 0 Å². The van der Waals surface area contributed by atoms with E-state index in [1.54, 1.807) is 0 Å². The minimum absolute atomic E-state index is 0.190. The maximum Gasteiger partial charge on any atom is 0.472 e. The Morgan fingerprint density at radius 2 is 0.891 bits per heavy atom. The Hall–Kier alpha value is -1.29. The average Bonchev–Trinajstić information content (AvgIpc) is 3.17. The number of carbonyl (C=O) groups excluding carboxylic acids is 2. The summed E-state index contributed by atoms with van der Waals surface area (Å²) in [5.74, 6) is -0.915. The number of phosphoric acid groups is 1. The second kappa shape index (κ2) is 40.9. The van der Waals surface area contributed by atoms with Crippen LogP contribution in [0.15, 0.2) is 12.2 Å². The predicted octanol–water partition coefficient (Wildman–Crippen LogP) is 12.0. The van der Waals surface area contributed by atoms with Crippen LogP contribution in [-0.2, 0) is 32.7 Å². The Morgan fingerprint density at radius 1 is 0.527 bits per heavy atom. The quantitative estimate of drug-likeness (QED) is 0.0235. The van der Waals surface area contributed by atoms with Crippen molar-refractivity contribution in [3.05, 3.63) is 12.2 Å². The molecule has 0 aliphatic rings. The fourth-order valence-electron chi connectivity index (χ4n) is 6.40. The molecule has 55 heavy (non-hydrogen) atoms. The summed E-state index contributed by atoms with van der Waals surface area (Å²) in [6, 6.07) is 0. The molecule has 0 amide bonds. The number of carbonyl (C=O) groups is 2. The molecule has 0 radical (unpaired) electrons. The lowest BCUT2D eigenvalue weighted by molar-refractivity contribution is -0.161. The van der Waals surface area contributed by atoms with E-state index < -0.39 is 51.8 Å². The van der Waals surface area contributed by atoms with Gasteiger partial charge in [-0.3, -0.25) is 18.6 Å². The lowest BCUT2D eigenvalue weighted by Crippen LogP contribution is -2.29. The van der Waals surface area contributed by atoms with Gasteiger partial charge in [-0.1, -0.05) is 180 Å². The summed E-state index contributed by atoms with van der Waals surface area (Å²) in [6.45, 7) is 2.40. The minimum Gasteiger partial charge on any atom is -0.462 e. The van der Waals surface area contributed by atoms with Crippen LogP contribution in [-0.4, -0.2) is 65.7 Å². The fraction of sp³-hybridized carbons (Fsp3) is 0.909. The van der Waals surface area contributed by atoms with Gasteiger partial charge in [0, 0.05) is 12.8 Å². The number of aliphatic hydroxyl groups excluding tert-OH is 2. The van der Waals surface area contributed by atoms with Crippen molar-refractivity contribution in [1.82, 2.24) is 0 Å². The third kappa shape index (κ3) is 40.7. The lowest BCUT2D eigenvalue weighted by Gasteiger charge is -2.20. The van der Waals surface area contributed by atoms with E-state index in [4.69, 9.17) is 23.6 Å². The van der Waals surface area contributed by atoms with E-state index in [1.165, 1.54) is 141 Å². The molecular weight excluding hydrogens is 719 g/mol. The van der Waals surface area contributed by atoms with Gasteiger partial charge < -0.3 is 24.6 Å². The maximum atomic E-state index is 12.6. The number of unbranched alkanes of at least 4 members (excludes halogenated alkanes) is 27. The second-order valence-electron chi connectivity index (χ2n) is 15.4. The monoisotopic (exact) mass is 805 g/mol. The molecule has 0 bridgehead atoms. The SMILES string of the molecule is CCCCCC/C=C/CCCCCCCCCCCC(=O)OC[C@H](COP(=O)(O)OC[C@@H](O)CO)OC(=O)CCCCCCCCCCCCCCCCC. The molecule has 0 aromatic carbocycles. The highest BCUT2D eigenvalue weighted by molar-refractivity contribution is 7.47. The van der Waals surface area contributed by atoms with Crippen molar-refractivity contribution in [2.75, 3.05) is 26.4 Å². The molecule has 0 saturated carbocycles. The molecule has 0 saturated heterocycles. The molecule has 0 aliphatic carbocycles. The van der Waals surface area contributed by atoms with Crippen LogP contribution in [0.1, 0.15) is 219 Å². The Bertz CT molecular complexity index is 930. The maximum absolute atomic E-state index is 12.6. The summed E-state index contributed by atoms with van der Waals surface area (Å²) in [7, 11) is -4.61. The van der Waals surface area contributed by atoms with Crippen LogP contribution < -0.4 is 0 Å². The third-order valence-corrected chi connectivity index (χ3v) is 10.9. The van der Waals surface area contributed by atoms with Crippen LogP contribution >= 0.6 is 7.82 Å². The van der Waals surface area contributed by atoms with Crippen LogP contribution in [0.2, 0.25) is 0 Å². The Labute approximate surface area is 336 Å². The van der Waals surface area contributed by atoms with Crippen molar-refractivity contribution in [2.45, 2.75) is 232 Å². The van der Waals surface area contributed by atoms with Gasteiger partial charge in [-0.05, 0) is 38.5 Å². The molecule has 0 aromatic heterocycles. The molecule has 0 fully saturated rings. The van der Waals surface area contributed by atoms with Crippen molar-refractivity contribution in [3.63, 3.8) is 0 Å². The van der Waals surface area contributed by atoms with Gasteiger partial charge in [-0.15, -0.1) is 0 Å². The molecule has 0 spiro atoms. The third-order valence-electron chi connectivity index (χ3n) is 9.92. The molecule has 326 valence electrons. The minimum atomic E-state index is -4.61. The van der Waals surface area contributed by atoms with Gasteiger partial charge in [0.05, 0.1) is 19.8 Å². The van der Waals surface area contributed by atoms with Gasteiger partial charge in [0.25, 0.3) is 0 Å². The summed E-state index contributed by atoms with van der Waals surface area (Å²) in [5, 5.41) is 18.3. The molecule has 1 unspecified atom stereocenters. The van der Waals surface area contributed by atoms with E-state index in [2.05, 4.69) is 26.0 Å². The Balaban J connectivity index is 4.23. The number of esters is 2. The van der Waals surface area contributed by atoms with E-state index >= 15 is 0 Å². The first-order valence-electron chi connectivity index (χ1n) is 22.6. The van der Waals surface area contributed by atoms with Gasteiger partial charge in [0.2, 0.25) is 0 Å². The molecule has 10 nitrogen and oxygen atoms in total. The summed E-state index contributed by atoms with van der Waals surface area (Å²) < 4.78 is 32.7. The molecule has 0 heterocycles. The van der Waals surface area contributed by atoms with Crippen LogP contribution in [0.5, 0.6) is 0 Å². The van der Waals surface area contributed by atoms with Gasteiger partial charge in [0.15, 0.2) is 6.10 Å². The van der Waals surface area contributed by atoms with E-state index in [0.717, 1.165) is 38.5 Å². The zero-order chi connectivity index (χ0) is 40.5. The van der Waals surface area contributed by atoms with Crippen molar-refractivity contribution in [2.24, 2.45) is 0 Å². The lowest BCUT2D eigenvalue weighted by atomic mass is 10.0. The predicted molar refractivity (Wildman–Crippen MR) is 224 cm³/mol. The normalized spacial score (nSPS) is 13.9. The van der Waals surface area contributed by atoms with Gasteiger partial charge in [0.1, 0.15) is 12.7 Å². The van der Waals surface area contributed by atoms with Crippen LogP contribution in [0.25, 0.3) is 0 Å². The van der Waals surface area contributed by atoms with E-state index in [9.17, 15) is 24.2 Å². The van der Waals surface area contributed by atoms with Gasteiger partial charge >= 0.3 is 19.8 Å². The van der Waals surface area contributed by atoms with E-state index in [0.29, 0.717) is 12.8 Å². The zero-order valence-electron chi connectivity index (χ0n) is 35.4. The van der Waals surface area contributed by atoms with Crippen molar-refractivity contribution in [1.29, 1.82) is 0 Å². The van der Waals surface area contributed by atoms with E-state index in [1.807, 2.05) is 0 Å². The molecule has 0 aromatic rings. The smallest absolute Gasteiger partial charge is 0.462 e. The number of ether oxygens (including phenoxy) is 2. The van der Waals surface area contributed by atoms with Crippen LogP contribution in [0.4, 0.5) is 0 Å². The topological polar surface area (TPSA) is 149 Å². The number of rotatable bonds is 43. The number of allylic oxidation sites excluding steroid dienone is 2. The first kappa shape index (κ1) is 53.7. The van der Waals surface area contributed by atoms with Crippen molar-refractivity contribution in [3.8, 4) is 0 Å². The number of aliphatic hydroxyl groups is 2. The zero-order valence-corrected chi connectivity index (χ0v) is 36.3. The fourth-order valence-corrected chi connectivity index (χ4v) is 7.19. The second-order valence-corrected chi connectivity index (χ2v) is 16.9. The Morgan fingerprint density at radius 3 is 1.33 bits per heavy atom. The molecular formula is C44H85O10P. The first-order valence-corrected chi connectivity index (χ1v) is 24.1. The molecule has 3 N–H and O–H groups in total. The molecule has 11 heteroatoms. The van der Waals surface area contributed by atoms with Gasteiger partial charge in [-0.25, -0.2) is 4.57 Å². The van der Waals surface area contributed by atoms with Crippen molar-refractivity contribution >= 4 is 19.8 Å². The first-order chi connectivity index (χ1) is 26.7. The number of hydrogen-bond acceptors (Lipinski definition) is 9. The van der Waals surface area contributed by atoms with Crippen molar-refractivity contribution < 1.29 is 47.8 Å². The number of hydrogen-bond donors (Lipinski definition) is 3. The summed E-state index contributed by atoms with van der Waals surface area (Å²) >= 11 is 0. The molecule has 3 atom stereocenters.